The predicted molar refractivity (Wildman–Crippen MR) is 89.8 cm³/mol. The number of imide groups is 1. The van der Waals surface area contributed by atoms with Crippen LogP contribution in [0.1, 0.15) is 39.5 Å². The maximum absolute atomic E-state index is 12.5. The van der Waals surface area contributed by atoms with Crippen LogP contribution in [0.25, 0.3) is 0 Å². The number of hydrogen-bond donors (Lipinski definition) is 0. The Hall–Kier alpha value is -1.50. The number of likely N-dealkylation sites (N-methyl/N-ethyl adjacent to an activating group) is 2. The van der Waals surface area contributed by atoms with Gasteiger partial charge in [0.05, 0.1) is 0 Å². The normalized spacial score (nSPS) is 23.1. The third kappa shape index (κ3) is 2.86. The first kappa shape index (κ1) is 16.9. The lowest BCUT2D eigenvalue weighted by Crippen LogP contribution is -2.62. The Kier molecular flexibility index (Phi) is 5.16. The number of fused-ring (bicyclic) bond motifs is 1. The van der Waals surface area contributed by atoms with E-state index in [1.165, 1.54) is 18.4 Å². The summed E-state index contributed by atoms with van der Waals surface area (Å²) < 4.78 is 0. The molecule has 7 heteroatoms. The summed E-state index contributed by atoms with van der Waals surface area (Å²) in [7, 11) is 3.14. The molecule has 2 aliphatic rings. The van der Waals surface area contributed by atoms with Crippen molar-refractivity contribution in [3.05, 3.63) is 0 Å². The number of rotatable bonds is 6. The Morgan fingerprint density at radius 1 is 1.23 bits per heavy atom. The van der Waals surface area contributed by atoms with Crippen molar-refractivity contribution < 1.29 is 9.59 Å². The molecule has 2 rings (SSSR count). The lowest BCUT2D eigenvalue weighted by molar-refractivity contribution is -0.130. The van der Waals surface area contributed by atoms with Gasteiger partial charge in [0.1, 0.15) is 5.84 Å². The van der Waals surface area contributed by atoms with Crippen molar-refractivity contribution in [3.8, 4) is 0 Å². The van der Waals surface area contributed by atoms with Crippen LogP contribution in [0.4, 0.5) is 4.79 Å². The molecule has 2 heterocycles. The Balaban J connectivity index is 2.19. The van der Waals surface area contributed by atoms with Gasteiger partial charge in [-0.3, -0.25) is 14.6 Å². The monoisotopic (exact) mass is 324 g/mol. The minimum absolute atomic E-state index is 0.243. The Bertz CT molecular complexity index is 520. The molecule has 0 radical (unpaired) electrons. The van der Waals surface area contributed by atoms with E-state index in [0.717, 1.165) is 24.2 Å². The van der Waals surface area contributed by atoms with E-state index in [9.17, 15) is 9.59 Å². The Labute approximate surface area is 137 Å². The molecule has 0 N–H and O–H groups in total. The topological polar surface area (TPSA) is 56.2 Å². The molecule has 22 heavy (non-hydrogen) atoms. The van der Waals surface area contributed by atoms with E-state index in [1.54, 1.807) is 7.05 Å². The van der Waals surface area contributed by atoms with E-state index in [2.05, 4.69) is 18.8 Å². The molecular formula is C15H24N4O2S. The maximum Gasteiger partial charge on any atom is 0.331 e. The number of hydrogen-bond acceptors (Lipinski definition) is 3. The summed E-state index contributed by atoms with van der Waals surface area (Å²) in [5.41, 5.74) is 0. The van der Waals surface area contributed by atoms with Crippen LogP contribution in [-0.2, 0) is 4.79 Å². The van der Waals surface area contributed by atoms with Gasteiger partial charge in [0.15, 0.2) is 11.2 Å². The van der Waals surface area contributed by atoms with Crippen LogP contribution in [0.5, 0.6) is 0 Å². The molecule has 1 fully saturated rings. The fraction of sp³-hybridized carbons (Fsp3) is 0.733. The SMILES string of the molecule is CCCCC(CC)CN1C(=S)N=C2C1C(=O)N(C)C(=O)N2C. The fourth-order valence-electron chi connectivity index (χ4n) is 2.96. The second kappa shape index (κ2) is 6.73. The smallest absolute Gasteiger partial charge is 0.328 e. The zero-order chi connectivity index (χ0) is 16.4. The van der Waals surface area contributed by atoms with Crippen molar-refractivity contribution in [3.63, 3.8) is 0 Å². The zero-order valence-electron chi connectivity index (χ0n) is 13.7. The van der Waals surface area contributed by atoms with Crippen molar-refractivity contribution in [2.45, 2.75) is 45.6 Å². The van der Waals surface area contributed by atoms with Gasteiger partial charge in [-0.2, -0.15) is 0 Å². The summed E-state index contributed by atoms with van der Waals surface area (Å²) in [6, 6.07) is -0.904. The molecule has 122 valence electrons. The number of nitrogens with zero attached hydrogens (tertiary/aromatic N) is 4. The molecule has 2 atom stereocenters. The summed E-state index contributed by atoms with van der Waals surface area (Å²) >= 11 is 5.35. The number of carbonyl (C=O) groups is 2. The van der Waals surface area contributed by atoms with E-state index in [-0.39, 0.29) is 11.9 Å². The van der Waals surface area contributed by atoms with Gasteiger partial charge in [-0.15, -0.1) is 0 Å². The van der Waals surface area contributed by atoms with E-state index >= 15 is 0 Å². The average Bonchev–Trinajstić information content (AvgIpc) is 2.84. The Morgan fingerprint density at radius 3 is 2.50 bits per heavy atom. The van der Waals surface area contributed by atoms with Gasteiger partial charge in [-0.05, 0) is 24.6 Å². The van der Waals surface area contributed by atoms with E-state index in [0.29, 0.717) is 23.4 Å². The number of amides is 3. The highest BCUT2D eigenvalue weighted by molar-refractivity contribution is 7.80. The summed E-state index contributed by atoms with van der Waals surface area (Å²) in [6.45, 7) is 5.05. The van der Waals surface area contributed by atoms with E-state index < -0.39 is 6.04 Å². The van der Waals surface area contributed by atoms with Gasteiger partial charge in [0, 0.05) is 20.6 Å². The summed E-state index contributed by atoms with van der Waals surface area (Å²) in [5, 5.41) is 0.415. The van der Waals surface area contributed by atoms with Gasteiger partial charge < -0.3 is 4.90 Å². The van der Waals surface area contributed by atoms with Crippen LogP contribution in [-0.4, -0.2) is 64.3 Å². The van der Waals surface area contributed by atoms with Crippen molar-refractivity contribution >= 4 is 35.1 Å². The summed E-state index contributed by atoms with van der Waals surface area (Å²) in [6.07, 6.45) is 4.49. The molecule has 0 aromatic carbocycles. The second-order valence-corrected chi connectivity index (χ2v) is 6.33. The molecule has 3 amide bonds. The molecule has 0 saturated carbocycles. The summed E-state index contributed by atoms with van der Waals surface area (Å²) in [4.78, 5) is 33.3. The molecule has 2 unspecified atom stereocenters. The van der Waals surface area contributed by atoms with Crippen LogP contribution in [0, 0.1) is 5.92 Å². The third-order valence-electron chi connectivity index (χ3n) is 4.49. The van der Waals surface area contributed by atoms with Crippen molar-refractivity contribution in [2.75, 3.05) is 20.6 Å². The minimum Gasteiger partial charge on any atom is -0.328 e. The molecule has 0 bridgehead atoms. The van der Waals surface area contributed by atoms with E-state index in [1.807, 2.05) is 4.90 Å². The molecule has 0 aliphatic carbocycles. The molecule has 6 nitrogen and oxygen atoms in total. The van der Waals surface area contributed by atoms with Crippen molar-refractivity contribution in [1.29, 1.82) is 0 Å². The molecule has 0 aromatic rings. The first-order chi connectivity index (χ1) is 10.4. The zero-order valence-corrected chi connectivity index (χ0v) is 14.5. The number of carbonyl (C=O) groups excluding carboxylic acids is 2. The largest absolute Gasteiger partial charge is 0.331 e. The highest BCUT2D eigenvalue weighted by Gasteiger charge is 2.48. The van der Waals surface area contributed by atoms with Gasteiger partial charge in [-0.25, -0.2) is 9.79 Å². The highest BCUT2D eigenvalue weighted by Crippen LogP contribution is 2.25. The molecule has 0 spiro atoms. The fourth-order valence-corrected chi connectivity index (χ4v) is 3.23. The van der Waals surface area contributed by atoms with Crippen molar-refractivity contribution in [2.24, 2.45) is 10.9 Å². The lowest BCUT2D eigenvalue weighted by Gasteiger charge is -2.37. The van der Waals surface area contributed by atoms with Crippen LogP contribution in [0.3, 0.4) is 0 Å². The first-order valence-electron chi connectivity index (χ1n) is 7.86. The molecule has 1 saturated heterocycles. The Morgan fingerprint density at radius 2 is 1.91 bits per heavy atom. The quantitative estimate of drug-likeness (QED) is 0.702. The average molecular weight is 324 g/mol. The molecule has 0 aromatic heterocycles. The summed E-state index contributed by atoms with van der Waals surface area (Å²) in [5.74, 6) is 0.698. The van der Waals surface area contributed by atoms with E-state index in [4.69, 9.17) is 12.2 Å². The standard InChI is InChI=1S/C15H24N4O2S/c1-5-7-8-10(6-2)9-19-11-12(16-14(19)22)17(3)15(21)18(4)13(11)20/h10-11H,5-9H2,1-4H3. The minimum atomic E-state index is -0.545. The number of urea groups is 1. The van der Waals surface area contributed by atoms with Crippen LogP contribution in [0.15, 0.2) is 4.99 Å². The number of aliphatic imine (C=N–C) groups is 1. The molecular weight excluding hydrogens is 300 g/mol. The van der Waals surface area contributed by atoms with Crippen LogP contribution < -0.4 is 0 Å². The van der Waals surface area contributed by atoms with Crippen molar-refractivity contribution in [1.82, 2.24) is 14.7 Å². The third-order valence-corrected chi connectivity index (χ3v) is 4.82. The lowest BCUT2D eigenvalue weighted by atomic mass is 9.98. The number of unbranched alkanes of at least 4 members (excludes halogenated alkanes) is 1. The second-order valence-electron chi connectivity index (χ2n) is 5.96. The highest BCUT2D eigenvalue weighted by atomic mass is 32.1. The van der Waals surface area contributed by atoms with Gasteiger partial charge in [0.25, 0.3) is 5.91 Å². The number of thiocarbonyl (C=S) groups is 1. The van der Waals surface area contributed by atoms with Crippen LogP contribution >= 0.6 is 12.2 Å². The number of amidine groups is 1. The van der Waals surface area contributed by atoms with Gasteiger partial charge >= 0.3 is 6.03 Å². The predicted octanol–water partition coefficient (Wildman–Crippen LogP) is 2.09. The first-order valence-corrected chi connectivity index (χ1v) is 8.27. The van der Waals surface area contributed by atoms with Gasteiger partial charge in [-0.1, -0.05) is 33.1 Å². The van der Waals surface area contributed by atoms with Crippen LogP contribution in [0.2, 0.25) is 0 Å². The maximum atomic E-state index is 12.5. The molecule has 2 aliphatic heterocycles. The van der Waals surface area contributed by atoms with Gasteiger partial charge in [0.2, 0.25) is 0 Å².